The van der Waals surface area contributed by atoms with E-state index in [2.05, 4.69) is 26.3 Å². The topological polar surface area (TPSA) is 111 Å². The number of aromatic nitrogens is 2. The third-order valence-corrected chi connectivity index (χ3v) is 9.43. The van der Waals surface area contributed by atoms with Crippen LogP contribution in [-0.4, -0.2) is 34.7 Å². The first-order chi connectivity index (χ1) is 24.0. The zero-order valence-electron chi connectivity index (χ0n) is 26.7. The van der Waals surface area contributed by atoms with E-state index in [4.69, 9.17) is 9.47 Å². The molecule has 0 saturated carbocycles. The number of aryl methyl sites for hydroxylation is 1. The maximum Gasteiger partial charge on any atom is 0.362 e. The van der Waals surface area contributed by atoms with Gasteiger partial charge in [-0.2, -0.15) is 0 Å². The van der Waals surface area contributed by atoms with Crippen molar-refractivity contribution in [2.24, 2.45) is 0 Å². The van der Waals surface area contributed by atoms with Crippen LogP contribution in [0.2, 0.25) is 0 Å². The summed E-state index contributed by atoms with van der Waals surface area (Å²) in [7, 11) is 0. The van der Waals surface area contributed by atoms with Crippen LogP contribution in [0.25, 0.3) is 10.2 Å². The van der Waals surface area contributed by atoms with Crippen LogP contribution in [0.1, 0.15) is 49.5 Å². The number of aldehydes is 1. The number of amides is 1. The summed E-state index contributed by atoms with van der Waals surface area (Å²) in [6, 6.07) is 30.0. The Morgan fingerprint density at radius 2 is 1.80 bits per heavy atom. The molecule has 10 heteroatoms. The maximum absolute atomic E-state index is 13.6. The van der Waals surface area contributed by atoms with Crippen molar-refractivity contribution in [2.45, 2.75) is 32.7 Å². The van der Waals surface area contributed by atoms with Gasteiger partial charge in [0, 0.05) is 36.8 Å². The number of para-hydroxylation sites is 1. The number of ether oxygens (including phenoxy) is 2. The first-order valence-electron chi connectivity index (χ1n) is 16.0. The monoisotopic (exact) mass is 668 g/mol. The Bertz CT molecular complexity index is 2130. The first-order valence-corrected chi connectivity index (χ1v) is 16.8. The van der Waals surface area contributed by atoms with Crippen molar-refractivity contribution in [1.82, 2.24) is 9.97 Å². The molecule has 1 aliphatic heterocycles. The second-order valence-electron chi connectivity index (χ2n) is 11.6. The summed E-state index contributed by atoms with van der Waals surface area (Å²) in [5.41, 5.74) is 5.96. The zero-order chi connectivity index (χ0) is 33.7. The first kappa shape index (κ1) is 31.7. The standard InChI is InChI=1S/C39H32N4O5S/c1-25-34(47-28-16-14-26(15-17-28)8-7-23-44)19-18-33(36(25)48-38(46)32-12-4-5-21-40-32)43-22-20-27-9-6-10-29(30(27)24-43)37(45)42-39-41-31-11-2-3-13-35(31)49-39/h2-6,9-19,21,23H,7-8,20,22,24H2,1H3,(H,41,42,45). The molecule has 0 radical (unpaired) electrons. The fraction of sp³-hybridized carbons (Fsp3) is 0.154. The summed E-state index contributed by atoms with van der Waals surface area (Å²) < 4.78 is 13.4. The lowest BCUT2D eigenvalue weighted by Gasteiger charge is -2.33. The van der Waals surface area contributed by atoms with Gasteiger partial charge < -0.3 is 19.2 Å². The minimum Gasteiger partial charge on any atom is -0.457 e. The molecule has 0 saturated heterocycles. The highest BCUT2D eigenvalue weighted by molar-refractivity contribution is 7.22. The molecular weight excluding hydrogens is 637 g/mol. The SMILES string of the molecule is Cc1c(Oc2ccc(CCC=O)cc2)ccc(N2CCc3cccc(C(=O)Nc4nc5ccccc5s4)c3C2)c1OC(=O)c1ccccn1. The van der Waals surface area contributed by atoms with Gasteiger partial charge in [-0.15, -0.1) is 0 Å². The van der Waals surface area contributed by atoms with Gasteiger partial charge in [-0.25, -0.2) is 14.8 Å². The van der Waals surface area contributed by atoms with E-state index in [0.717, 1.165) is 33.2 Å². The predicted molar refractivity (Wildman–Crippen MR) is 190 cm³/mol. The van der Waals surface area contributed by atoms with Gasteiger partial charge in [0.15, 0.2) is 10.9 Å². The summed E-state index contributed by atoms with van der Waals surface area (Å²) in [6.45, 7) is 2.92. The Morgan fingerprint density at radius 1 is 0.959 bits per heavy atom. The molecular formula is C39H32N4O5S. The summed E-state index contributed by atoms with van der Waals surface area (Å²) >= 11 is 1.44. The average molecular weight is 669 g/mol. The van der Waals surface area contributed by atoms with Gasteiger partial charge in [0.05, 0.1) is 15.9 Å². The summed E-state index contributed by atoms with van der Waals surface area (Å²) in [4.78, 5) is 48.7. The molecule has 49 heavy (non-hydrogen) atoms. The van der Waals surface area contributed by atoms with Crippen LogP contribution in [-0.2, 0) is 24.2 Å². The number of fused-ring (bicyclic) bond motifs is 2. The fourth-order valence-corrected chi connectivity index (χ4v) is 6.80. The Hall–Kier alpha value is -5.87. The minimum atomic E-state index is -0.588. The molecule has 1 amide bonds. The number of esters is 1. The van der Waals surface area contributed by atoms with Crippen molar-refractivity contribution in [3.8, 4) is 17.2 Å². The van der Waals surface area contributed by atoms with E-state index in [1.807, 2.05) is 79.7 Å². The number of carbonyl (C=O) groups excluding carboxylic acids is 3. The number of benzene rings is 4. The molecule has 0 fully saturated rings. The summed E-state index contributed by atoms with van der Waals surface area (Å²) in [5.74, 6) is 0.687. The number of hydrogen-bond donors (Lipinski definition) is 1. The lowest BCUT2D eigenvalue weighted by molar-refractivity contribution is -0.107. The van der Waals surface area contributed by atoms with Gasteiger partial charge in [0.2, 0.25) is 0 Å². The van der Waals surface area contributed by atoms with Gasteiger partial charge in [-0.05, 0) is 91.1 Å². The number of nitrogens with one attached hydrogen (secondary N) is 1. The van der Waals surface area contributed by atoms with Crippen molar-refractivity contribution >= 4 is 50.5 Å². The fourth-order valence-electron chi connectivity index (χ4n) is 5.94. The molecule has 7 rings (SSSR count). The third kappa shape index (κ3) is 6.90. The highest BCUT2D eigenvalue weighted by atomic mass is 32.1. The van der Waals surface area contributed by atoms with Gasteiger partial charge >= 0.3 is 5.97 Å². The quantitative estimate of drug-likeness (QED) is 0.0890. The molecule has 0 aliphatic carbocycles. The van der Waals surface area contributed by atoms with Crippen LogP contribution in [0.3, 0.4) is 0 Å². The van der Waals surface area contributed by atoms with Crippen molar-refractivity contribution in [2.75, 3.05) is 16.8 Å². The van der Waals surface area contributed by atoms with Crippen LogP contribution in [0.15, 0.2) is 103 Å². The molecule has 1 aliphatic rings. The van der Waals surface area contributed by atoms with Crippen molar-refractivity contribution in [3.05, 3.63) is 137 Å². The van der Waals surface area contributed by atoms with Crippen LogP contribution in [0, 0.1) is 6.92 Å². The van der Waals surface area contributed by atoms with E-state index in [1.54, 1.807) is 24.4 Å². The second kappa shape index (κ2) is 14.1. The zero-order valence-corrected chi connectivity index (χ0v) is 27.5. The molecule has 244 valence electrons. The van der Waals surface area contributed by atoms with Gasteiger partial charge in [-0.3, -0.25) is 10.1 Å². The molecule has 2 aromatic heterocycles. The number of pyridine rings is 1. The predicted octanol–water partition coefficient (Wildman–Crippen LogP) is 7.96. The molecule has 1 N–H and O–H groups in total. The Morgan fingerprint density at radius 3 is 2.59 bits per heavy atom. The van der Waals surface area contributed by atoms with Crippen molar-refractivity contribution in [3.63, 3.8) is 0 Å². The van der Waals surface area contributed by atoms with Crippen LogP contribution in [0.4, 0.5) is 10.8 Å². The number of nitrogens with zero attached hydrogens (tertiary/aromatic N) is 3. The highest BCUT2D eigenvalue weighted by Gasteiger charge is 2.27. The van der Waals surface area contributed by atoms with E-state index in [0.29, 0.717) is 71.5 Å². The lowest BCUT2D eigenvalue weighted by Crippen LogP contribution is -2.33. The molecule has 0 unspecified atom stereocenters. The number of hydrogen-bond acceptors (Lipinski definition) is 9. The third-order valence-electron chi connectivity index (χ3n) is 8.48. The minimum absolute atomic E-state index is 0.183. The normalized spacial score (nSPS) is 12.3. The molecule has 6 aromatic rings. The van der Waals surface area contributed by atoms with E-state index in [-0.39, 0.29) is 11.6 Å². The van der Waals surface area contributed by atoms with Gasteiger partial charge in [0.25, 0.3) is 5.91 Å². The number of rotatable bonds is 10. The Labute approximate surface area is 287 Å². The lowest BCUT2D eigenvalue weighted by atomic mass is 9.94. The highest BCUT2D eigenvalue weighted by Crippen LogP contribution is 2.41. The van der Waals surface area contributed by atoms with Crippen molar-refractivity contribution in [1.29, 1.82) is 0 Å². The number of thiazole rings is 1. The summed E-state index contributed by atoms with van der Waals surface area (Å²) in [6.07, 6.45) is 4.27. The van der Waals surface area contributed by atoms with Crippen LogP contribution >= 0.6 is 11.3 Å². The molecule has 3 heterocycles. The van der Waals surface area contributed by atoms with E-state index in [1.165, 1.54) is 11.3 Å². The van der Waals surface area contributed by atoms with Gasteiger partial charge in [-0.1, -0.05) is 53.8 Å². The van der Waals surface area contributed by atoms with Crippen LogP contribution in [0.5, 0.6) is 17.2 Å². The molecule has 0 atom stereocenters. The van der Waals surface area contributed by atoms with Crippen molar-refractivity contribution < 1.29 is 23.9 Å². The molecule has 9 nitrogen and oxygen atoms in total. The second-order valence-corrected chi connectivity index (χ2v) is 12.7. The Balaban J connectivity index is 1.19. The Kier molecular flexibility index (Phi) is 9.12. The molecule has 4 aromatic carbocycles. The molecule has 0 spiro atoms. The molecule has 0 bridgehead atoms. The largest absolute Gasteiger partial charge is 0.457 e. The number of anilines is 2. The number of carbonyl (C=O) groups is 3. The van der Waals surface area contributed by atoms with E-state index < -0.39 is 5.97 Å². The van der Waals surface area contributed by atoms with E-state index in [9.17, 15) is 14.4 Å². The maximum atomic E-state index is 13.6. The smallest absolute Gasteiger partial charge is 0.362 e. The van der Waals surface area contributed by atoms with E-state index >= 15 is 0 Å². The average Bonchev–Trinajstić information content (AvgIpc) is 3.55. The summed E-state index contributed by atoms with van der Waals surface area (Å²) in [5, 5.41) is 3.55. The van der Waals surface area contributed by atoms with Gasteiger partial charge in [0.1, 0.15) is 23.5 Å². The van der Waals surface area contributed by atoms with Crippen LogP contribution < -0.4 is 19.7 Å².